The average Bonchev–Trinajstić information content (AvgIpc) is 2.93. The molecule has 1 aromatic rings. The number of imidazole rings is 1. The minimum absolute atomic E-state index is 0.233. The van der Waals surface area contributed by atoms with Gasteiger partial charge in [0, 0.05) is 6.04 Å². The summed E-state index contributed by atoms with van der Waals surface area (Å²) in [5, 5.41) is 0. The Labute approximate surface area is 81.9 Å². The fourth-order valence-corrected chi connectivity index (χ4v) is 1.60. The highest BCUT2D eigenvalue weighted by Crippen LogP contribution is 2.38. The van der Waals surface area contributed by atoms with Gasteiger partial charge in [0.2, 0.25) is 0 Å². The number of nitrogens with zero attached hydrogens (tertiary/aromatic N) is 2. The van der Waals surface area contributed by atoms with E-state index in [2.05, 4.69) is 9.72 Å². The molecule has 0 radical (unpaired) electrons. The van der Waals surface area contributed by atoms with Gasteiger partial charge in [-0.15, -0.1) is 0 Å². The molecule has 0 aromatic carbocycles. The highest BCUT2D eigenvalue weighted by atomic mass is 16.5. The highest BCUT2D eigenvalue weighted by molar-refractivity contribution is 5.92. The van der Waals surface area contributed by atoms with E-state index in [4.69, 9.17) is 5.73 Å². The van der Waals surface area contributed by atoms with Crippen LogP contribution in [0.1, 0.15) is 35.2 Å². The third-order valence-corrected chi connectivity index (χ3v) is 2.42. The molecule has 0 saturated heterocycles. The number of aryl methyl sites for hydroxylation is 1. The number of aromatic nitrogens is 2. The Morgan fingerprint density at radius 1 is 1.64 bits per heavy atom. The zero-order valence-corrected chi connectivity index (χ0v) is 8.28. The summed E-state index contributed by atoms with van der Waals surface area (Å²) in [5.41, 5.74) is 6.05. The van der Waals surface area contributed by atoms with Crippen molar-refractivity contribution in [3.8, 4) is 0 Å². The third kappa shape index (κ3) is 1.25. The zero-order chi connectivity index (χ0) is 10.3. The number of hydrogen-bond donors (Lipinski definition) is 1. The lowest BCUT2D eigenvalue weighted by Crippen LogP contribution is -2.07. The van der Waals surface area contributed by atoms with E-state index in [9.17, 15) is 4.79 Å². The molecule has 5 heteroatoms. The van der Waals surface area contributed by atoms with Crippen molar-refractivity contribution in [2.45, 2.75) is 25.8 Å². The first-order valence-electron chi connectivity index (χ1n) is 4.57. The van der Waals surface area contributed by atoms with Crippen LogP contribution in [0.4, 0.5) is 5.82 Å². The van der Waals surface area contributed by atoms with Crippen LogP contribution in [-0.4, -0.2) is 22.6 Å². The standard InChI is InChI=1S/C9H13N3O2/c1-5-11-7(9(13)14-2)8(10)12(5)6-3-4-6/h6H,3-4,10H2,1-2H3. The molecule has 0 bridgehead atoms. The molecule has 76 valence electrons. The largest absolute Gasteiger partial charge is 0.464 e. The summed E-state index contributed by atoms with van der Waals surface area (Å²) in [6, 6.07) is 0.431. The summed E-state index contributed by atoms with van der Waals surface area (Å²) in [7, 11) is 1.33. The van der Waals surface area contributed by atoms with Gasteiger partial charge in [-0.05, 0) is 19.8 Å². The van der Waals surface area contributed by atoms with Gasteiger partial charge in [0.05, 0.1) is 7.11 Å². The normalized spacial score (nSPS) is 15.6. The molecule has 1 heterocycles. The number of anilines is 1. The lowest BCUT2D eigenvalue weighted by Gasteiger charge is -2.04. The Kier molecular flexibility index (Phi) is 1.94. The van der Waals surface area contributed by atoms with Crippen LogP contribution >= 0.6 is 0 Å². The Balaban J connectivity index is 2.43. The monoisotopic (exact) mass is 195 g/mol. The number of esters is 1. The molecule has 1 saturated carbocycles. The second-order valence-corrected chi connectivity index (χ2v) is 3.49. The maximum absolute atomic E-state index is 11.3. The van der Waals surface area contributed by atoms with Crippen molar-refractivity contribution in [1.82, 2.24) is 9.55 Å². The van der Waals surface area contributed by atoms with Crippen molar-refractivity contribution < 1.29 is 9.53 Å². The summed E-state index contributed by atoms with van der Waals surface area (Å²) in [6.07, 6.45) is 2.23. The van der Waals surface area contributed by atoms with Gasteiger partial charge in [0.15, 0.2) is 5.69 Å². The first kappa shape index (κ1) is 9.05. The molecule has 14 heavy (non-hydrogen) atoms. The number of nitrogen functional groups attached to an aromatic ring is 1. The molecule has 1 aliphatic rings. The average molecular weight is 195 g/mol. The summed E-state index contributed by atoms with van der Waals surface area (Å²) in [5.74, 6) is 0.743. The molecule has 1 aromatic heterocycles. The van der Waals surface area contributed by atoms with Crippen molar-refractivity contribution >= 4 is 11.8 Å². The molecule has 0 atom stereocenters. The zero-order valence-electron chi connectivity index (χ0n) is 8.28. The maximum atomic E-state index is 11.3. The Morgan fingerprint density at radius 2 is 2.29 bits per heavy atom. The van der Waals surface area contributed by atoms with Gasteiger partial charge in [0.1, 0.15) is 11.6 Å². The Hall–Kier alpha value is -1.52. The fraction of sp³-hybridized carbons (Fsp3) is 0.556. The molecule has 5 nitrogen and oxygen atoms in total. The van der Waals surface area contributed by atoms with Gasteiger partial charge in [-0.3, -0.25) is 0 Å². The fourth-order valence-electron chi connectivity index (χ4n) is 1.60. The minimum Gasteiger partial charge on any atom is -0.464 e. The van der Waals surface area contributed by atoms with E-state index < -0.39 is 5.97 Å². The van der Waals surface area contributed by atoms with Gasteiger partial charge in [0.25, 0.3) is 0 Å². The molecule has 0 aliphatic heterocycles. The van der Waals surface area contributed by atoms with E-state index in [1.807, 2.05) is 11.5 Å². The molecular weight excluding hydrogens is 182 g/mol. The van der Waals surface area contributed by atoms with E-state index in [0.29, 0.717) is 11.9 Å². The van der Waals surface area contributed by atoms with Crippen molar-refractivity contribution in [2.24, 2.45) is 0 Å². The van der Waals surface area contributed by atoms with Crippen molar-refractivity contribution in [3.63, 3.8) is 0 Å². The molecule has 2 N–H and O–H groups in total. The van der Waals surface area contributed by atoms with Gasteiger partial charge < -0.3 is 15.0 Å². The van der Waals surface area contributed by atoms with Crippen LogP contribution in [0.15, 0.2) is 0 Å². The van der Waals surface area contributed by atoms with E-state index in [1.165, 1.54) is 7.11 Å². The smallest absolute Gasteiger partial charge is 0.360 e. The maximum Gasteiger partial charge on any atom is 0.360 e. The molecule has 1 fully saturated rings. The van der Waals surface area contributed by atoms with Crippen LogP contribution in [0.3, 0.4) is 0 Å². The highest BCUT2D eigenvalue weighted by Gasteiger charge is 2.30. The summed E-state index contributed by atoms with van der Waals surface area (Å²) >= 11 is 0. The van der Waals surface area contributed by atoms with Gasteiger partial charge in [-0.1, -0.05) is 0 Å². The number of carbonyl (C=O) groups excluding carboxylic acids is 1. The minimum atomic E-state index is -0.468. The molecule has 0 amide bonds. The SMILES string of the molecule is COC(=O)c1nc(C)n(C2CC2)c1N. The third-order valence-electron chi connectivity index (χ3n) is 2.42. The second-order valence-electron chi connectivity index (χ2n) is 3.49. The quantitative estimate of drug-likeness (QED) is 0.711. The number of rotatable bonds is 2. The van der Waals surface area contributed by atoms with E-state index in [-0.39, 0.29) is 5.69 Å². The number of nitrogens with two attached hydrogens (primary N) is 1. The van der Waals surface area contributed by atoms with Crippen LogP contribution in [0.5, 0.6) is 0 Å². The van der Waals surface area contributed by atoms with Gasteiger partial charge in [-0.2, -0.15) is 0 Å². The summed E-state index contributed by atoms with van der Waals surface area (Å²) in [6.45, 7) is 1.85. The van der Waals surface area contributed by atoms with Crippen LogP contribution in [0.25, 0.3) is 0 Å². The molecule has 0 unspecified atom stereocenters. The Bertz CT molecular complexity index is 380. The van der Waals surface area contributed by atoms with E-state index in [0.717, 1.165) is 18.7 Å². The van der Waals surface area contributed by atoms with E-state index in [1.54, 1.807) is 0 Å². The van der Waals surface area contributed by atoms with Gasteiger partial charge >= 0.3 is 5.97 Å². The topological polar surface area (TPSA) is 70.1 Å². The predicted octanol–water partition coefficient (Wildman–Crippen LogP) is 0.895. The summed E-state index contributed by atoms with van der Waals surface area (Å²) < 4.78 is 6.50. The van der Waals surface area contributed by atoms with Crippen LogP contribution in [-0.2, 0) is 4.74 Å². The first-order chi connectivity index (χ1) is 6.65. The second kappa shape index (κ2) is 3.01. The van der Waals surface area contributed by atoms with Crippen LogP contribution in [0, 0.1) is 6.92 Å². The lowest BCUT2D eigenvalue weighted by atomic mass is 10.4. The number of ether oxygens (including phenoxy) is 1. The molecule has 2 rings (SSSR count). The molecule has 1 aliphatic carbocycles. The predicted molar refractivity (Wildman–Crippen MR) is 51.0 cm³/mol. The molecular formula is C9H13N3O2. The Morgan fingerprint density at radius 3 is 2.79 bits per heavy atom. The van der Waals surface area contributed by atoms with Crippen molar-refractivity contribution in [3.05, 3.63) is 11.5 Å². The number of methoxy groups -OCH3 is 1. The first-order valence-corrected chi connectivity index (χ1v) is 4.57. The van der Waals surface area contributed by atoms with E-state index >= 15 is 0 Å². The van der Waals surface area contributed by atoms with Crippen LogP contribution < -0.4 is 5.73 Å². The van der Waals surface area contributed by atoms with Crippen molar-refractivity contribution in [1.29, 1.82) is 0 Å². The van der Waals surface area contributed by atoms with Gasteiger partial charge in [-0.25, -0.2) is 9.78 Å². The number of carbonyl (C=O) groups is 1. The van der Waals surface area contributed by atoms with Crippen molar-refractivity contribution in [2.75, 3.05) is 12.8 Å². The molecule has 0 spiro atoms. The number of hydrogen-bond acceptors (Lipinski definition) is 4. The van der Waals surface area contributed by atoms with Crippen LogP contribution in [0.2, 0.25) is 0 Å². The lowest BCUT2D eigenvalue weighted by molar-refractivity contribution is 0.0595. The summed E-state index contributed by atoms with van der Waals surface area (Å²) in [4.78, 5) is 15.4.